The fourth-order valence-corrected chi connectivity index (χ4v) is 3.63. The number of nitrogens with zero attached hydrogens (tertiary/aromatic N) is 3. The fourth-order valence-electron chi connectivity index (χ4n) is 3.63. The van der Waals surface area contributed by atoms with Gasteiger partial charge >= 0.3 is 5.97 Å². The average Bonchev–Trinajstić information content (AvgIpc) is 2.92. The van der Waals surface area contributed by atoms with E-state index >= 15 is 0 Å². The summed E-state index contributed by atoms with van der Waals surface area (Å²) in [6.45, 7) is 4.38. The van der Waals surface area contributed by atoms with E-state index in [1.165, 1.54) is 42.7 Å². The molecule has 2 heterocycles. The van der Waals surface area contributed by atoms with E-state index < -0.39 is 5.97 Å². The number of hydrogen-bond donors (Lipinski definition) is 1. The molecule has 2 aromatic heterocycles. The number of fused-ring (bicyclic) bond motifs is 1. The molecule has 0 aromatic carbocycles. The molecule has 7 nitrogen and oxygen atoms in total. The lowest BCUT2D eigenvalue weighted by Gasteiger charge is -2.30. The number of aromatic amines is 1. The van der Waals surface area contributed by atoms with E-state index in [2.05, 4.69) is 22.0 Å². The van der Waals surface area contributed by atoms with E-state index in [9.17, 15) is 9.59 Å². The van der Waals surface area contributed by atoms with Gasteiger partial charge in [-0.05, 0) is 33.7 Å². The Balaban J connectivity index is 1.93. The lowest BCUT2D eigenvalue weighted by molar-refractivity contribution is 0.0527. The second-order valence-corrected chi connectivity index (χ2v) is 6.78. The van der Waals surface area contributed by atoms with E-state index in [-0.39, 0.29) is 12.2 Å². The van der Waals surface area contributed by atoms with Crippen LogP contribution in [0.25, 0.3) is 5.65 Å². The standard InChI is InChI=1S/C18H26N4O3/c1-4-25-18(24)16-12(2)20-22-15(23)10-13(19-17(16)22)11-21(3)14-8-6-5-7-9-14/h10,14,20H,4-9,11H2,1-3H3. The smallest absolute Gasteiger partial charge is 0.343 e. The van der Waals surface area contributed by atoms with E-state index in [0.717, 1.165) is 0 Å². The molecule has 1 aliphatic rings. The zero-order valence-corrected chi connectivity index (χ0v) is 15.2. The van der Waals surface area contributed by atoms with Crippen LogP contribution in [0.4, 0.5) is 0 Å². The minimum absolute atomic E-state index is 0.212. The normalized spacial score (nSPS) is 15.8. The molecule has 0 atom stereocenters. The highest BCUT2D eigenvalue weighted by atomic mass is 16.5. The van der Waals surface area contributed by atoms with Crippen LogP contribution in [0.1, 0.15) is 60.8 Å². The van der Waals surface area contributed by atoms with E-state index in [1.54, 1.807) is 13.8 Å². The largest absolute Gasteiger partial charge is 0.462 e. The van der Waals surface area contributed by atoms with Crippen molar-refractivity contribution in [1.82, 2.24) is 19.5 Å². The molecule has 1 saturated carbocycles. The number of nitrogens with one attached hydrogen (secondary N) is 1. The van der Waals surface area contributed by atoms with Crippen LogP contribution in [0.15, 0.2) is 10.9 Å². The first-order valence-electron chi connectivity index (χ1n) is 9.00. The summed E-state index contributed by atoms with van der Waals surface area (Å²) in [5, 5.41) is 2.91. The highest BCUT2D eigenvalue weighted by molar-refractivity contribution is 5.97. The molecule has 2 aromatic rings. The summed E-state index contributed by atoms with van der Waals surface area (Å²) < 4.78 is 6.42. The van der Waals surface area contributed by atoms with Crippen molar-refractivity contribution in [2.75, 3.05) is 13.7 Å². The molecule has 3 rings (SSSR count). The van der Waals surface area contributed by atoms with Crippen molar-refractivity contribution in [1.29, 1.82) is 0 Å². The van der Waals surface area contributed by atoms with E-state index in [4.69, 9.17) is 4.74 Å². The van der Waals surface area contributed by atoms with Gasteiger partial charge in [0.15, 0.2) is 5.65 Å². The van der Waals surface area contributed by atoms with Crippen molar-refractivity contribution in [2.24, 2.45) is 0 Å². The number of ether oxygens (including phenoxy) is 1. The summed E-state index contributed by atoms with van der Waals surface area (Å²) >= 11 is 0. The van der Waals surface area contributed by atoms with Crippen molar-refractivity contribution in [2.45, 2.75) is 58.5 Å². The Hall–Kier alpha value is -2.15. The van der Waals surface area contributed by atoms with Crippen molar-refractivity contribution in [3.63, 3.8) is 0 Å². The third-order valence-electron chi connectivity index (χ3n) is 4.94. The maximum atomic E-state index is 12.4. The van der Waals surface area contributed by atoms with Gasteiger partial charge in [0.2, 0.25) is 0 Å². The molecule has 1 aliphatic carbocycles. The number of carbonyl (C=O) groups is 1. The minimum atomic E-state index is -0.455. The van der Waals surface area contributed by atoms with Crippen molar-refractivity contribution >= 4 is 11.6 Å². The van der Waals surface area contributed by atoms with Crippen LogP contribution in [-0.4, -0.2) is 45.2 Å². The number of H-pyrrole nitrogens is 1. The summed E-state index contributed by atoms with van der Waals surface area (Å²) in [4.78, 5) is 31.5. The zero-order valence-electron chi connectivity index (χ0n) is 15.2. The molecular formula is C18H26N4O3. The lowest BCUT2D eigenvalue weighted by Crippen LogP contribution is -2.33. The highest BCUT2D eigenvalue weighted by Crippen LogP contribution is 2.22. The van der Waals surface area contributed by atoms with Gasteiger partial charge in [0.1, 0.15) is 5.56 Å². The molecule has 0 saturated heterocycles. The van der Waals surface area contributed by atoms with Crippen LogP contribution < -0.4 is 5.56 Å². The van der Waals surface area contributed by atoms with Gasteiger partial charge in [0, 0.05) is 24.3 Å². The Kier molecular flexibility index (Phi) is 5.22. The third kappa shape index (κ3) is 3.61. The summed E-state index contributed by atoms with van der Waals surface area (Å²) in [7, 11) is 2.08. The number of aromatic nitrogens is 3. The maximum absolute atomic E-state index is 12.4. The zero-order chi connectivity index (χ0) is 18.0. The number of hydrogen-bond acceptors (Lipinski definition) is 5. The fraction of sp³-hybridized carbons (Fsp3) is 0.611. The molecule has 0 aliphatic heterocycles. The monoisotopic (exact) mass is 346 g/mol. The molecule has 0 unspecified atom stereocenters. The SMILES string of the molecule is CCOC(=O)c1c(C)[nH]n2c(=O)cc(CN(C)C3CCCCC3)nc12. The number of esters is 1. The summed E-state index contributed by atoms with van der Waals surface area (Å²) in [5.41, 5.74) is 1.73. The highest BCUT2D eigenvalue weighted by Gasteiger charge is 2.22. The Bertz CT molecular complexity index is 818. The van der Waals surface area contributed by atoms with Gasteiger partial charge in [0.05, 0.1) is 12.3 Å². The van der Waals surface area contributed by atoms with Crippen molar-refractivity contribution in [3.8, 4) is 0 Å². The minimum Gasteiger partial charge on any atom is -0.462 e. The van der Waals surface area contributed by atoms with Crippen LogP contribution in [-0.2, 0) is 11.3 Å². The van der Waals surface area contributed by atoms with Gasteiger partial charge in [-0.15, -0.1) is 0 Å². The van der Waals surface area contributed by atoms with Crippen LogP contribution in [0.2, 0.25) is 0 Å². The molecular weight excluding hydrogens is 320 g/mol. The number of carbonyl (C=O) groups excluding carboxylic acids is 1. The molecule has 0 bridgehead atoms. The number of rotatable bonds is 5. The Labute approximate surface area is 147 Å². The van der Waals surface area contributed by atoms with E-state index in [0.29, 0.717) is 35.2 Å². The van der Waals surface area contributed by atoms with Crippen LogP contribution in [0.3, 0.4) is 0 Å². The summed E-state index contributed by atoms with van der Waals surface area (Å²) in [6.07, 6.45) is 6.20. The predicted molar refractivity (Wildman–Crippen MR) is 94.8 cm³/mol. The van der Waals surface area contributed by atoms with Crippen LogP contribution in [0.5, 0.6) is 0 Å². The molecule has 136 valence electrons. The van der Waals surface area contributed by atoms with Crippen LogP contribution >= 0.6 is 0 Å². The molecule has 0 radical (unpaired) electrons. The molecule has 0 spiro atoms. The van der Waals surface area contributed by atoms with Gasteiger partial charge in [-0.25, -0.2) is 14.3 Å². The maximum Gasteiger partial charge on any atom is 0.343 e. The quantitative estimate of drug-likeness (QED) is 0.840. The molecule has 0 amide bonds. The van der Waals surface area contributed by atoms with Gasteiger partial charge in [-0.1, -0.05) is 19.3 Å². The molecule has 1 N–H and O–H groups in total. The number of aryl methyl sites for hydroxylation is 1. The first-order chi connectivity index (χ1) is 12.0. The predicted octanol–water partition coefficient (Wildman–Crippen LogP) is 2.27. The second-order valence-electron chi connectivity index (χ2n) is 6.78. The van der Waals surface area contributed by atoms with Gasteiger partial charge < -0.3 is 4.74 Å². The summed E-state index contributed by atoms with van der Waals surface area (Å²) in [6, 6.07) is 2.07. The Morgan fingerprint density at radius 2 is 2.12 bits per heavy atom. The topological polar surface area (TPSA) is 79.7 Å². The Morgan fingerprint density at radius 1 is 1.40 bits per heavy atom. The third-order valence-corrected chi connectivity index (χ3v) is 4.94. The molecule has 1 fully saturated rings. The van der Waals surface area contributed by atoms with Gasteiger partial charge in [-0.2, -0.15) is 0 Å². The van der Waals surface area contributed by atoms with Crippen molar-refractivity contribution in [3.05, 3.63) is 33.4 Å². The van der Waals surface area contributed by atoms with E-state index in [1.807, 2.05) is 0 Å². The van der Waals surface area contributed by atoms with Crippen molar-refractivity contribution < 1.29 is 9.53 Å². The first kappa shape index (κ1) is 17.7. The lowest BCUT2D eigenvalue weighted by atomic mass is 9.94. The van der Waals surface area contributed by atoms with Gasteiger partial charge in [-0.3, -0.25) is 14.8 Å². The first-order valence-corrected chi connectivity index (χ1v) is 9.00. The molecule has 25 heavy (non-hydrogen) atoms. The summed E-state index contributed by atoms with van der Waals surface area (Å²) in [5.74, 6) is -0.455. The molecule has 7 heteroatoms. The second kappa shape index (κ2) is 7.39. The Morgan fingerprint density at radius 3 is 2.80 bits per heavy atom. The van der Waals surface area contributed by atoms with Gasteiger partial charge in [0.25, 0.3) is 5.56 Å². The average molecular weight is 346 g/mol. The van der Waals surface area contributed by atoms with Crippen LogP contribution in [0, 0.1) is 6.92 Å².